The minimum atomic E-state index is -3.19. The Kier molecular flexibility index (Phi) is 11.6. The quantitative estimate of drug-likeness (QED) is 0.0562. The second-order valence-electron chi connectivity index (χ2n) is 12.7. The van der Waals surface area contributed by atoms with Gasteiger partial charge in [0.05, 0.1) is 23.6 Å². The molecule has 1 aliphatic rings. The van der Waals surface area contributed by atoms with Gasteiger partial charge in [-0.25, -0.2) is 4.79 Å². The summed E-state index contributed by atoms with van der Waals surface area (Å²) in [4.78, 5) is 60.9. The van der Waals surface area contributed by atoms with Crippen LogP contribution in [-0.2, 0) is 20.9 Å². The van der Waals surface area contributed by atoms with Crippen LogP contribution in [0.1, 0.15) is 39.6 Å². The van der Waals surface area contributed by atoms with Crippen molar-refractivity contribution in [3.63, 3.8) is 0 Å². The molecule has 9 nitrogen and oxygen atoms in total. The lowest BCUT2D eigenvalue weighted by Crippen LogP contribution is -2.68. The number of amides is 2. The van der Waals surface area contributed by atoms with Gasteiger partial charge < -0.3 is 20.1 Å². The third-order valence-electron chi connectivity index (χ3n) is 9.33. The number of β-lactam (4-membered cyclic amide) rings is 1. The highest BCUT2D eigenvalue weighted by atomic mass is 31.2. The lowest BCUT2D eigenvalue weighted by Gasteiger charge is -2.50. The molecular weight excluding hydrogens is 685 g/mol. The second kappa shape index (κ2) is 16.6. The van der Waals surface area contributed by atoms with Crippen molar-refractivity contribution >= 4 is 51.8 Å². The Morgan fingerprint density at radius 3 is 1.91 bits per heavy atom. The summed E-state index contributed by atoms with van der Waals surface area (Å²) in [5.41, 5.74) is 1.74. The standard InChI is InChI=1S/C43H40N3O6P/c1-3-26-52-43(51)42(53(34-15-7-4-8-16-34,35-17-9-5-10-18-35)36-19-11-6-12-20-36)46-37(39(30(2)47)41(46)50)27-38(48)32-23-21-31(22-24-32)28-45-40(49)33-14-13-25-44-29-33/h3-25,29-30,37,39,47H,1,26-28H2,2H3,(H,45,49)/t30-,37-,39-/m1/s1. The number of hydrogen-bond acceptors (Lipinski definition) is 7. The number of esters is 1. The zero-order valence-corrected chi connectivity index (χ0v) is 30.1. The topological polar surface area (TPSA) is 126 Å². The Hall–Kier alpha value is -5.89. The Morgan fingerprint density at radius 2 is 1.42 bits per heavy atom. The number of likely N-dealkylation sites (tertiary alicyclic amines) is 1. The fraction of sp³-hybridized carbons (Fsp3) is 0.163. The van der Waals surface area contributed by atoms with E-state index in [0.717, 1.165) is 21.5 Å². The number of ether oxygens (including phenoxy) is 1. The SMILES string of the molecule is C=CCOC(=O)C(N1C(=O)[C@H]([C@@H](C)O)[C@H]1CC(=O)c1ccc(CNC(=O)c2cccnc2)cc1)=P(c1ccccc1)(c1ccccc1)c1ccccc1. The van der Waals surface area contributed by atoms with E-state index in [4.69, 9.17) is 4.74 Å². The minimum Gasteiger partial charge on any atom is -0.457 e. The molecule has 6 rings (SSSR count). The molecule has 0 spiro atoms. The van der Waals surface area contributed by atoms with Gasteiger partial charge in [-0.05, 0) is 40.5 Å². The third-order valence-corrected chi connectivity index (χ3v) is 13.6. The fourth-order valence-corrected chi connectivity index (χ4v) is 11.2. The number of ketones is 1. The smallest absolute Gasteiger partial charge is 0.356 e. The highest BCUT2D eigenvalue weighted by molar-refractivity contribution is 7.96. The van der Waals surface area contributed by atoms with Crippen molar-refractivity contribution < 1.29 is 29.0 Å². The van der Waals surface area contributed by atoms with Crippen molar-refractivity contribution in [3.8, 4) is 0 Å². The summed E-state index contributed by atoms with van der Waals surface area (Å²) in [6.07, 6.45) is 3.30. The largest absolute Gasteiger partial charge is 0.457 e. The first kappa shape index (κ1) is 36.9. The summed E-state index contributed by atoms with van der Waals surface area (Å²) in [7, 11) is 0. The summed E-state index contributed by atoms with van der Waals surface area (Å²) in [6, 6.07) is 38.1. The van der Waals surface area contributed by atoms with Crippen LogP contribution >= 0.6 is 6.89 Å². The molecule has 0 radical (unpaired) electrons. The molecule has 0 bridgehead atoms. The molecule has 4 aromatic carbocycles. The first-order chi connectivity index (χ1) is 25.8. The highest BCUT2D eigenvalue weighted by Crippen LogP contribution is 2.50. The van der Waals surface area contributed by atoms with Crippen LogP contribution in [0, 0.1) is 5.92 Å². The molecule has 2 N–H and O–H groups in total. The second-order valence-corrected chi connectivity index (χ2v) is 16.0. The van der Waals surface area contributed by atoms with Gasteiger partial charge in [-0.1, -0.05) is 128 Å². The van der Waals surface area contributed by atoms with Crippen molar-refractivity contribution in [1.82, 2.24) is 15.2 Å². The molecule has 1 saturated heterocycles. The van der Waals surface area contributed by atoms with Gasteiger partial charge in [0.1, 0.15) is 12.0 Å². The molecule has 2 amide bonds. The van der Waals surface area contributed by atoms with Crippen LogP contribution in [0.5, 0.6) is 0 Å². The Balaban J connectivity index is 1.44. The number of aliphatic hydroxyl groups is 1. The Morgan fingerprint density at radius 1 is 0.849 bits per heavy atom. The van der Waals surface area contributed by atoms with Gasteiger partial charge in [0, 0.05) is 37.8 Å². The van der Waals surface area contributed by atoms with E-state index < -0.39 is 36.8 Å². The fourth-order valence-electron chi connectivity index (χ4n) is 6.84. The van der Waals surface area contributed by atoms with Crippen LogP contribution in [0.25, 0.3) is 0 Å². The van der Waals surface area contributed by atoms with E-state index in [2.05, 4.69) is 16.9 Å². The van der Waals surface area contributed by atoms with Crippen molar-refractivity contribution in [1.29, 1.82) is 0 Å². The predicted octanol–water partition coefficient (Wildman–Crippen LogP) is 4.65. The van der Waals surface area contributed by atoms with Crippen LogP contribution in [0.3, 0.4) is 0 Å². The number of rotatable bonds is 14. The normalized spacial score (nSPS) is 15.8. The van der Waals surface area contributed by atoms with E-state index in [1.54, 1.807) is 42.6 Å². The Bertz CT molecular complexity index is 2040. The summed E-state index contributed by atoms with van der Waals surface area (Å²) in [5, 5.41) is 16.2. The van der Waals surface area contributed by atoms with Crippen LogP contribution in [0.4, 0.5) is 0 Å². The van der Waals surface area contributed by atoms with Gasteiger partial charge in [0.2, 0.25) is 5.91 Å². The average molecular weight is 726 g/mol. The molecule has 5 aromatic rings. The average Bonchev–Trinajstić information content (AvgIpc) is 3.20. The number of carbonyl (C=O) groups is 4. The first-order valence-electron chi connectivity index (χ1n) is 17.3. The molecule has 10 heteroatoms. The van der Waals surface area contributed by atoms with E-state index in [9.17, 15) is 24.3 Å². The number of carbonyl (C=O) groups excluding carboxylic acids is 4. The highest BCUT2D eigenvalue weighted by Gasteiger charge is 2.55. The van der Waals surface area contributed by atoms with Crippen molar-refractivity contribution in [3.05, 3.63) is 169 Å². The number of hydrogen-bond donors (Lipinski definition) is 2. The summed E-state index contributed by atoms with van der Waals surface area (Å²) in [5.74, 6) is -2.65. The molecule has 1 aliphatic heterocycles. The van der Waals surface area contributed by atoms with Crippen LogP contribution in [0.15, 0.2) is 152 Å². The number of nitrogens with one attached hydrogen (secondary N) is 1. The number of benzene rings is 4. The number of Topliss-reactive ketones (excluding diaryl/α,β-unsaturated/α-hetero) is 1. The summed E-state index contributed by atoms with van der Waals surface area (Å²) in [6.45, 7) is 2.21. The van der Waals surface area contributed by atoms with E-state index in [-0.39, 0.29) is 36.7 Å². The zero-order chi connectivity index (χ0) is 37.4. The van der Waals surface area contributed by atoms with Crippen LogP contribution in [-0.4, -0.2) is 62.7 Å². The third kappa shape index (κ3) is 7.54. The molecule has 0 unspecified atom stereocenters. The molecule has 1 fully saturated rings. The van der Waals surface area contributed by atoms with E-state index in [1.807, 2.05) is 91.0 Å². The van der Waals surface area contributed by atoms with E-state index in [0.29, 0.717) is 11.1 Å². The van der Waals surface area contributed by atoms with Gasteiger partial charge in [-0.2, -0.15) is 0 Å². The summed E-state index contributed by atoms with van der Waals surface area (Å²) < 4.78 is 5.80. The van der Waals surface area contributed by atoms with Crippen molar-refractivity contribution in [2.24, 2.45) is 5.92 Å². The molecule has 53 heavy (non-hydrogen) atoms. The molecular formula is C43H40N3O6P. The molecule has 2 heterocycles. The van der Waals surface area contributed by atoms with Crippen LogP contribution in [0.2, 0.25) is 0 Å². The number of pyridine rings is 1. The van der Waals surface area contributed by atoms with Crippen molar-refractivity contribution in [2.45, 2.75) is 32.0 Å². The summed E-state index contributed by atoms with van der Waals surface area (Å²) >= 11 is 0. The maximum Gasteiger partial charge on any atom is 0.356 e. The maximum atomic E-state index is 14.6. The van der Waals surface area contributed by atoms with E-state index in [1.165, 1.54) is 24.1 Å². The molecule has 268 valence electrons. The molecule has 0 aliphatic carbocycles. The lowest BCUT2D eigenvalue weighted by atomic mass is 9.79. The number of nitrogens with zero attached hydrogens (tertiary/aromatic N) is 2. The number of aliphatic hydroxyl groups excluding tert-OH is 1. The number of aromatic nitrogens is 1. The monoisotopic (exact) mass is 725 g/mol. The predicted molar refractivity (Wildman–Crippen MR) is 208 cm³/mol. The first-order valence-corrected chi connectivity index (χ1v) is 19.1. The molecule has 1 aromatic heterocycles. The maximum absolute atomic E-state index is 14.6. The molecule has 0 saturated carbocycles. The molecule has 3 atom stereocenters. The van der Waals surface area contributed by atoms with E-state index >= 15 is 0 Å². The van der Waals surface area contributed by atoms with Gasteiger partial charge in [0.25, 0.3) is 5.91 Å². The van der Waals surface area contributed by atoms with Gasteiger partial charge in [0.15, 0.2) is 5.78 Å². The van der Waals surface area contributed by atoms with Gasteiger partial charge in [-0.3, -0.25) is 19.4 Å². The lowest BCUT2D eigenvalue weighted by molar-refractivity contribution is -0.157. The van der Waals surface area contributed by atoms with Gasteiger partial charge >= 0.3 is 5.97 Å². The zero-order valence-electron chi connectivity index (χ0n) is 29.2. The Labute approximate surface area is 308 Å². The van der Waals surface area contributed by atoms with Crippen molar-refractivity contribution in [2.75, 3.05) is 6.61 Å². The van der Waals surface area contributed by atoms with Gasteiger partial charge in [-0.15, -0.1) is 0 Å². The van der Waals surface area contributed by atoms with Crippen LogP contribution < -0.4 is 21.2 Å². The minimum absolute atomic E-state index is 0.0960.